The normalized spacial score (nSPS) is 13.4. The number of likely N-dealkylation sites (tertiary alicyclic amines) is 1. The third-order valence-corrected chi connectivity index (χ3v) is 4.52. The van der Waals surface area contributed by atoms with Gasteiger partial charge in [-0.1, -0.05) is 6.07 Å². The van der Waals surface area contributed by atoms with Crippen molar-refractivity contribution in [1.82, 2.24) is 4.90 Å². The molecule has 0 spiro atoms. The second-order valence-corrected chi connectivity index (χ2v) is 6.35. The Hall–Kier alpha value is -3.35. The van der Waals surface area contributed by atoms with E-state index in [2.05, 4.69) is 4.74 Å². The second kappa shape index (κ2) is 8.56. The summed E-state index contributed by atoms with van der Waals surface area (Å²) in [5.74, 6) is 0.129. The lowest BCUT2D eigenvalue weighted by atomic mass is 10.1. The van der Waals surface area contributed by atoms with Gasteiger partial charge in [0.25, 0.3) is 0 Å². The average Bonchev–Trinajstić information content (AvgIpc) is 3.13. The minimum absolute atomic E-state index is 0.102. The van der Waals surface area contributed by atoms with E-state index >= 15 is 0 Å². The molecule has 28 heavy (non-hydrogen) atoms. The Kier molecular flexibility index (Phi) is 5.93. The van der Waals surface area contributed by atoms with Crippen LogP contribution in [0.1, 0.15) is 39.1 Å². The Balaban J connectivity index is 1.88. The van der Waals surface area contributed by atoms with Gasteiger partial charge >= 0.3 is 11.9 Å². The van der Waals surface area contributed by atoms with Gasteiger partial charge in [-0.3, -0.25) is 4.79 Å². The van der Waals surface area contributed by atoms with Crippen LogP contribution in [-0.2, 0) is 20.8 Å². The number of nitrogens with zero attached hydrogens (tertiary/aromatic N) is 1. The maximum Gasteiger partial charge on any atom is 0.337 e. The molecule has 2 aromatic carbocycles. The first-order chi connectivity index (χ1) is 13.5. The number of ether oxygens (including phenoxy) is 3. The summed E-state index contributed by atoms with van der Waals surface area (Å²) in [6.07, 6.45) is 1.38. The monoisotopic (exact) mass is 383 g/mol. The van der Waals surface area contributed by atoms with E-state index in [0.717, 1.165) is 12.0 Å². The average molecular weight is 383 g/mol. The van der Waals surface area contributed by atoms with Gasteiger partial charge in [0.2, 0.25) is 5.91 Å². The van der Waals surface area contributed by atoms with Crippen molar-refractivity contribution in [3.8, 4) is 11.5 Å². The van der Waals surface area contributed by atoms with Crippen molar-refractivity contribution in [3.63, 3.8) is 0 Å². The lowest BCUT2D eigenvalue weighted by molar-refractivity contribution is -0.128. The SMILES string of the molecule is COC(=O)c1ccc(Oc2cc(C(=O)OC)ccc2CN2CCCC2=O)cc1. The highest BCUT2D eigenvalue weighted by Crippen LogP contribution is 2.29. The van der Waals surface area contributed by atoms with E-state index in [-0.39, 0.29) is 5.91 Å². The summed E-state index contributed by atoms with van der Waals surface area (Å²) in [4.78, 5) is 37.2. The van der Waals surface area contributed by atoms with Gasteiger partial charge < -0.3 is 19.1 Å². The Morgan fingerprint density at radius 3 is 2.21 bits per heavy atom. The van der Waals surface area contributed by atoms with Crippen LogP contribution in [0.15, 0.2) is 42.5 Å². The maximum absolute atomic E-state index is 12.0. The number of benzene rings is 2. The van der Waals surface area contributed by atoms with Gasteiger partial charge in [0.05, 0.1) is 25.3 Å². The number of carbonyl (C=O) groups excluding carboxylic acids is 3. The molecule has 0 saturated carbocycles. The molecule has 7 nitrogen and oxygen atoms in total. The lowest BCUT2D eigenvalue weighted by Gasteiger charge is -2.19. The summed E-state index contributed by atoms with van der Waals surface area (Å²) in [5, 5.41) is 0. The molecule has 146 valence electrons. The van der Waals surface area contributed by atoms with E-state index in [1.54, 1.807) is 47.4 Å². The fourth-order valence-corrected chi connectivity index (χ4v) is 3.01. The van der Waals surface area contributed by atoms with Crippen molar-refractivity contribution in [1.29, 1.82) is 0 Å². The zero-order valence-electron chi connectivity index (χ0n) is 15.8. The predicted octanol–water partition coefficient (Wildman–Crippen LogP) is 3.17. The quantitative estimate of drug-likeness (QED) is 0.713. The molecule has 0 N–H and O–H groups in total. The van der Waals surface area contributed by atoms with E-state index < -0.39 is 11.9 Å². The van der Waals surface area contributed by atoms with Gasteiger partial charge in [0.15, 0.2) is 0 Å². The minimum atomic E-state index is -0.477. The molecule has 2 aromatic rings. The van der Waals surface area contributed by atoms with Crippen molar-refractivity contribution >= 4 is 17.8 Å². The van der Waals surface area contributed by atoms with E-state index in [4.69, 9.17) is 9.47 Å². The third-order valence-electron chi connectivity index (χ3n) is 4.52. The van der Waals surface area contributed by atoms with Crippen LogP contribution in [0.5, 0.6) is 11.5 Å². The zero-order chi connectivity index (χ0) is 20.1. The zero-order valence-corrected chi connectivity index (χ0v) is 15.8. The summed E-state index contributed by atoms with van der Waals surface area (Å²) < 4.78 is 15.4. The fourth-order valence-electron chi connectivity index (χ4n) is 3.01. The van der Waals surface area contributed by atoms with Crippen LogP contribution in [-0.4, -0.2) is 43.5 Å². The van der Waals surface area contributed by atoms with Crippen LogP contribution < -0.4 is 4.74 Å². The number of amides is 1. The van der Waals surface area contributed by atoms with Gasteiger partial charge in [0, 0.05) is 25.1 Å². The van der Waals surface area contributed by atoms with Crippen LogP contribution in [0.2, 0.25) is 0 Å². The number of hydrogen-bond donors (Lipinski definition) is 0. The Morgan fingerprint density at radius 1 is 0.964 bits per heavy atom. The largest absolute Gasteiger partial charge is 0.465 e. The van der Waals surface area contributed by atoms with E-state index in [1.165, 1.54) is 14.2 Å². The van der Waals surface area contributed by atoms with Crippen LogP contribution in [0.25, 0.3) is 0 Å². The Labute approximate surface area is 162 Å². The van der Waals surface area contributed by atoms with Gasteiger partial charge in [0.1, 0.15) is 11.5 Å². The minimum Gasteiger partial charge on any atom is -0.465 e. The summed E-state index contributed by atoms with van der Waals surface area (Å²) in [7, 11) is 2.63. The summed E-state index contributed by atoms with van der Waals surface area (Å²) in [5.41, 5.74) is 1.53. The highest BCUT2D eigenvalue weighted by Gasteiger charge is 2.22. The van der Waals surface area contributed by atoms with Crippen LogP contribution in [0.3, 0.4) is 0 Å². The molecule has 0 unspecified atom stereocenters. The number of rotatable bonds is 6. The summed E-state index contributed by atoms with van der Waals surface area (Å²) in [6.45, 7) is 1.10. The van der Waals surface area contributed by atoms with Crippen LogP contribution >= 0.6 is 0 Å². The molecule has 0 aliphatic carbocycles. The molecule has 0 aromatic heterocycles. The van der Waals surface area contributed by atoms with Crippen molar-refractivity contribution in [3.05, 3.63) is 59.2 Å². The predicted molar refractivity (Wildman–Crippen MR) is 100 cm³/mol. The van der Waals surface area contributed by atoms with Gasteiger partial charge in [-0.05, 0) is 42.8 Å². The molecule has 1 amide bonds. The van der Waals surface area contributed by atoms with Crippen molar-refractivity contribution < 1.29 is 28.6 Å². The third kappa shape index (κ3) is 4.31. The van der Waals surface area contributed by atoms with E-state index in [0.29, 0.717) is 42.1 Å². The molecule has 3 rings (SSSR count). The number of hydrogen-bond acceptors (Lipinski definition) is 6. The van der Waals surface area contributed by atoms with Gasteiger partial charge in [-0.25, -0.2) is 9.59 Å². The van der Waals surface area contributed by atoms with E-state index in [1.807, 2.05) is 0 Å². The fraction of sp³-hybridized carbons (Fsp3) is 0.286. The van der Waals surface area contributed by atoms with E-state index in [9.17, 15) is 14.4 Å². The lowest BCUT2D eigenvalue weighted by Crippen LogP contribution is -2.24. The van der Waals surface area contributed by atoms with Crippen molar-refractivity contribution in [2.24, 2.45) is 0 Å². The number of carbonyl (C=O) groups is 3. The molecule has 1 saturated heterocycles. The smallest absolute Gasteiger partial charge is 0.337 e. The van der Waals surface area contributed by atoms with Gasteiger partial charge in [-0.2, -0.15) is 0 Å². The first kappa shape index (κ1) is 19.4. The standard InChI is InChI=1S/C21H21NO6/c1-26-20(24)14-7-9-17(10-8-14)28-18-12-15(21(25)27-2)5-6-16(18)13-22-11-3-4-19(22)23/h5-10,12H,3-4,11,13H2,1-2H3. The summed E-state index contributed by atoms with van der Waals surface area (Å²) >= 11 is 0. The van der Waals surface area contributed by atoms with Crippen molar-refractivity contribution in [2.45, 2.75) is 19.4 Å². The second-order valence-electron chi connectivity index (χ2n) is 6.35. The van der Waals surface area contributed by atoms with Crippen LogP contribution in [0, 0.1) is 0 Å². The maximum atomic E-state index is 12.0. The number of methoxy groups -OCH3 is 2. The van der Waals surface area contributed by atoms with Gasteiger partial charge in [-0.15, -0.1) is 0 Å². The summed E-state index contributed by atoms with van der Waals surface area (Å²) in [6, 6.07) is 11.5. The molecule has 1 fully saturated rings. The van der Waals surface area contributed by atoms with Crippen LogP contribution in [0.4, 0.5) is 0 Å². The molecule has 0 atom stereocenters. The van der Waals surface area contributed by atoms with Crippen molar-refractivity contribution in [2.75, 3.05) is 20.8 Å². The molecule has 1 heterocycles. The number of esters is 2. The highest BCUT2D eigenvalue weighted by molar-refractivity contribution is 5.90. The Morgan fingerprint density at radius 2 is 1.61 bits per heavy atom. The topological polar surface area (TPSA) is 82.1 Å². The first-order valence-electron chi connectivity index (χ1n) is 8.87. The molecular weight excluding hydrogens is 362 g/mol. The molecule has 7 heteroatoms. The molecule has 1 aliphatic heterocycles. The first-order valence-corrected chi connectivity index (χ1v) is 8.87. The molecular formula is C21H21NO6. The molecule has 1 aliphatic rings. The Bertz CT molecular complexity index is 890. The molecule has 0 bridgehead atoms. The molecule has 0 radical (unpaired) electrons. The highest BCUT2D eigenvalue weighted by atomic mass is 16.5.